The SMILES string of the molecule is O=C(N[C@]1(c2ccccc2)CCN(CC2COCCOC2)C[C@H]1O)c1ccc[nH]1. The predicted octanol–water partition coefficient (Wildman–Crippen LogP) is 1.37. The highest BCUT2D eigenvalue weighted by Crippen LogP contribution is 2.34. The van der Waals surface area contributed by atoms with Crippen molar-refractivity contribution in [1.29, 1.82) is 0 Å². The van der Waals surface area contributed by atoms with Gasteiger partial charge in [-0.3, -0.25) is 4.79 Å². The van der Waals surface area contributed by atoms with Gasteiger partial charge in [0.15, 0.2) is 0 Å². The molecule has 2 aromatic rings. The number of carbonyl (C=O) groups excluding carboxylic acids is 1. The topological polar surface area (TPSA) is 86.8 Å². The molecule has 7 heteroatoms. The summed E-state index contributed by atoms with van der Waals surface area (Å²) >= 11 is 0. The van der Waals surface area contributed by atoms with Gasteiger partial charge in [-0.2, -0.15) is 0 Å². The van der Waals surface area contributed by atoms with Gasteiger partial charge in [0.05, 0.1) is 38.1 Å². The van der Waals surface area contributed by atoms with Crippen molar-refractivity contribution < 1.29 is 19.4 Å². The fourth-order valence-electron chi connectivity index (χ4n) is 4.33. The molecule has 2 aliphatic rings. The van der Waals surface area contributed by atoms with Crippen molar-refractivity contribution in [3.63, 3.8) is 0 Å². The molecule has 1 amide bonds. The predicted molar refractivity (Wildman–Crippen MR) is 109 cm³/mol. The summed E-state index contributed by atoms with van der Waals surface area (Å²) in [6, 6.07) is 13.3. The van der Waals surface area contributed by atoms with Gasteiger partial charge in [0.25, 0.3) is 5.91 Å². The molecule has 0 unspecified atom stereocenters. The lowest BCUT2D eigenvalue weighted by atomic mass is 9.78. The molecule has 0 saturated carbocycles. The Kier molecular flexibility index (Phi) is 6.30. The summed E-state index contributed by atoms with van der Waals surface area (Å²) in [5.74, 6) is 0.0827. The van der Waals surface area contributed by atoms with Gasteiger partial charge in [-0.15, -0.1) is 0 Å². The summed E-state index contributed by atoms with van der Waals surface area (Å²) in [5.41, 5.74) is 0.590. The molecule has 0 radical (unpaired) electrons. The minimum absolute atomic E-state index is 0.211. The second-order valence-corrected chi connectivity index (χ2v) is 7.92. The van der Waals surface area contributed by atoms with E-state index in [-0.39, 0.29) is 5.91 Å². The maximum atomic E-state index is 12.8. The highest BCUT2D eigenvalue weighted by Gasteiger charge is 2.45. The highest BCUT2D eigenvalue weighted by atomic mass is 16.5. The monoisotopic (exact) mass is 399 g/mol. The van der Waals surface area contributed by atoms with E-state index in [0.717, 1.165) is 18.7 Å². The Balaban J connectivity index is 1.50. The van der Waals surface area contributed by atoms with Gasteiger partial charge in [0, 0.05) is 31.7 Å². The number of likely N-dealkylation sites (tertiary alicyclic amines) is 1. The number of aromatic nitrogens is 1. The average Bonchev–Trinajstić information content (AvgIpc) is 3.17. The van der Waals surface area contributed by atoms with E-state index in [1.165, 1.54) is 0 Å². The lowest BCUT2D eigenvalue weighted by Gasteiger charge is -2.47. The third-order valence-electron chi connectivity index (χ3n) is 5.89. The number of piperidine rings is 1. The standard InChI is InChI=1S/C22H29N3O4/c26-20-14-25(13-17-15-28-11-12-29-16-17)10-8-22(20,18-5-2-1-3-6-18)24-21(27)19-7-4-9-23-19/h1-7,9,17,20,23,26H,8,10-16H2,(H,24,27)/t20-,22+/m1/s1. The number of aromatic amines is 1. The molecule has 29 heavy (non-hydrogen) atoms. The van der Waals surface area contributed by atoms with E-state index in [2.05, 4.69) is 15.2 Å². The quantitative estimate of drug-likeness (QED) is 0.707. The summed E-state index contributed by atoms with van der Waals surface area (Å²) in [5, 5.41) is 14.4. The zero-order valence-electron chi connectivity index (χ0n) is 16.5. The number of H-pyrrole nitrogens is 1. The van der Waals surface area contributed by atoms with Crippen molar-refractivity contribution in [2.75, 3.05) is 46.1 Å². The fraction of sp³-hybridized carbons (Fsp3) is 0.500. The third kappa shape index (κ3) is 4.53. The van der Waals surface area contributed by atoms with Crippen LogP contribution in [0, 0.1) is 5.92 Å². The van der Waals surface area contributed by atoms with E-state index < -0.39 is 11.6 Å². The first-order valence-electron chi connectivity index (χ1n) is 10.2. The van der Waals surface area contributed by atoms with Gasteiger partial charge in [0.1, 0.15) is 5.69 Å². The Morgan fingerprint density at radius 2 is 1.93 bits per heavy atom. The number of hydrogen-bond acceptors (Lipinski definition) is 5. The number of aliphatic hydroxyl groups is 1. The molecule has 3 N–H and O–H groups in total. The number of β-amino-alcohol motifs (C(OH)–C–C–N with tert-alkyl or cyclic N) is 1. The first-order valence-corrected chi connectivity index (χ1v) is 10.2. The Bertz CT molecular complexity index is 775. The van der Waals surface area contributed by atoms with Crippen LogP contribution in [-0.4, -0.2) is 73.1 Å². The molecule has 2 atom stereocenters. The van der Waals surface area contributed by atoms with Crippen molar-refractivity contribution in [3.05, 3.63) is 59.9 Å². The van der Waals surface area contributed by atoms with Crippen molar-refractivity contribution in [1.82, 2.24) is 15.2 Å². The van der Waals surface area contributed by atoms with Crippen LogP contribution in [0.25, 0.3) is 0 Å². The van der Waals surface area contributed by atoms with Crippen LogP contribution < -0.4 is 5.32 Å². The minimum Gasteiger partial charge on any atom is -0.389 e. The number of amides is 1. The molecule has 2 aliphatic heterocycles. The van der Waals surface area contributed by atoms with Gasteiger partial charge in [-0.25, -0.2) is 0 Å². The van der Waals surface area contributed by atoms with Crippen LogP contribution in [0.2, 0.25) is 0 Å². The van der Waals surface area contributed by atoms with Crippen LogP contribution in [0.5, 0.6) is 0 Å². The van der Waals surface area contributed by atoms with Gasteiger partial charge >= 0.3 is 0 Å². The van der Waals surface area contributed by atoms with E-state index in [1.807, 2.05) is 30.3 Å². The Labute approximate surface area is 171 Å². The normalized spacial score (nSPS) is 26.7. The van der Waals surface area contributed by atoms with Gasteiger partial charge in [-0.05, 0) is 24.1 Å². The van der Waals surface area contributed by atoms with Crippen LogP contribution in [0.4, 0.5) is 0 Å². The molecule has 2 saturated heterocycles. The molecule has 156 valence electrons. The first-order chi connectivity index (χ1) is 14.2. The molecular weight excluding hydrogens is 370 g/mol. The Morgan fingerprint density at radius 3 is 2.59 bits per heavy atom. The van der Waals surface area contributed by atoms with Gasteiger partial charge in [-0.1, -0.05) is 30.3 Å². The highest BCUT2D eigenvalue weighted by molar-refractivity contribution is 5.93. The first kappa shape index (κ1) is 20.1. The molecule has 7 nitrogen and oxygen atoms in total. The molecule has 1 aromatic carbocycles. The van der Waals surface area contributed by atoms with E-state index in [9.17, 15) is 9.90 Å². The molecule has 3 heterocycles. The van der Waals surface area contributed by atoms with Crippen molar-refractivity contribution in [2.45, 2.75) is 18.1 Å². The van der Waals surface area contributed by atoms with Crippen LogP contribution in [0.15, 0.2) is 48.7 Å². The minimum atomic E-state index is -0.823. The fourth-order valence-corrected chi connectivity index (χ4v) is 4.33. The summed E-state index contributed by atoms with van der Waals surface area (Å²) in [6.07, 6.45) is 1.61. The Morgan fingerprint density at radius 1 is 1.17 bits per heavy atom. The van der Waals surface area contributed by atoms with Gasteiger partial charge < -0.3 is 29.8 Å². The summed E-state index contributed by atoms with van der Waals surface area (Å²) in [6.45, 7) is 4.71. The number of ether oxygens (including phenoxy) is 2. The smallest absolute Gasteiger partial charge is 0.268 e. The van der Waals surface area contributed by atoms with Crippen LogP contribution in [0.1, 0.15) is 22.5 Å². The third-order valence-corrected chi connectivity index (χ3v) is 5.89. The van der Waals surface area contributed by atoms with E-state index >= 15 is 0 Å². The van der Waals surface area contributed by atoms with Crippen molar-refractivity contribution in [2.24, 2.45) is 5.92 Å². The second kappa shape index (κ2) is 9.09. The summed E-state index contributed by atoms with van der Waals surface area (Å²) in [7, 11) is 0. The molecule has 0 spiro atoms. The molecular formula is C22H29N3O4. The Hall–Kier alpha value is -2.19. The van der Waals surface area contributed by atoms with Crippen LogP contribution >= 0.6 is 0 Å². The molecule has 0 aliphatic carbocycles. The van der Waals surface area contributed by atoms with Gasteiger partial charge in [0.2, 0.25) is 0 Å². The van der Waals surface area contributed by atoms with Crippen molar-refractivity contribution >= 4 is 5.91 Å². The summed E-state index contributed by atoms with van der Waals surface area (Å²) < 4.78 is 11.2. The zero-order valence-corrected chi connectivity index (χ0v) is 16.5. The van der Waals surface area contributed by atoms with Crippen LogP contribution in [-0.2, 0) is 15.0 Å². The number of rotatable bonds is 5. The van der Waals surface area contributed by atoms with Crippen molar-refractivity contribution in [3.8, 4) is 0 Å². The van der Waals surface area contributed by atoms with Crippen LogP contribution in [0.3, 0.4) is 0 Å². The second-order valence-electron chi connectivity index (χ2n) is 7.92. The maximum absolute atomic E-state index is 12.8. The number of benzene rings is 1. The largest absolute Gasteiger partial charge is 0.389 e. The molecule has 0 bridgehead atoms. The molecule has 4 rings (SSSR count). The zero-order chi connectivity index (χ0) is 20.1. The molecule has 1 aromatic heterocycles. The lowest BCUT2D eigenvalue weighted by Crippen LogP contribution is -2.62. The van der Waals surface area contributed by atoms with E-state index in [0.29, 0.717) is 51.0 Å². The number of carbonyl (C=O) groups is 1. The number of hydrogen-bond donors (Lipinski definition) is 3. The van der Waals surface area contributed by atoms with E-state index in [4.69, 9.17) is 9.47 Å². The maximum Gasteiger partial charge on any atom is 0.268 e. The molecule has 2 fully saturated rings. The number of nitrogens with zero attached hydrogens (tertiary/aromatic N) is 1. The van der Waals surface area contributed by atoms with E-state index in [1.54, 1.807) is 18.3 Å². The number of aliphatic hydroxyl groups excluding tert-OH is 1. The average molecular weight is 399 g/mol. The summed E-state index contributed by atoms with van der Waals surface area (Å²) in [4.78, 5) is 18.0. The number of nitrogens with one attached hydrogen (secondary N) is 2. The lowest BCUT2D eigenvalue weighted by molar-refractivity contribution is -0.0252.